The zero-order valence-corrected chi connectivity index (χ0v) is 14.2. The van der Waals surface area contributed by atoms with Crippen LogP contribution in [-0.4, -0.2) is 12.0 Å². The molecule has 0 unspecified atom stereocenters. The number of rotatable bonds is 5. The van der Waals surface area contributed by atoms with E-state index in [1.54, 1.807) is 24.3 Å². The van der Waals surface area contributed by atoms with E-state index in [0.29, 0.717) is 17.9 Å². The van der Waals surface area contributed by atoms with E-state index in [9.17, 15) is 4.79 Å². The first kappa shape index (κ1) is 17.0. The fourth-order valence-electron chi connectivity index (χ4n) is 3.25. The first-order valence-corrected chi connectivity index (χ1v) is 8.74. The summed E-state index contributed by atoms with van der Waals surface area (Å²) in [5, 5.41) is 11.7. The molecule has 4 heteroatoms. The molecule has 0 radical (unpaired) electrons. The summed E-state index contributed by atoms with van der Waals surface area (Å²) < 4.78 is 6.00. The molecule has 4 nitrogen and oxygen atoms in total. The number of hydrogen-bond acceptors (Lipinski definition) is 3. The number of carbonyl (C=O) groups is 1. The zero-order valence-electron chi connectivity index (χ0n) is 14.2. The molecular formula is C21H22N2O2. The Morgan fingerprint density at radius 1 is 1.04 bits per heavy atom. The van der Waals surface area contributed by atoms with Crippen LogP contribution in [0.3, 0.4) is 0 Å². The molecule has 1 saturated carbocycles. The van der Waals surface area contributed by atoms with Gasteiger partial charge in [-0.15, -0.1) is 0 Å². The molecule has 2 aromatic carbocycles. The Morgan fingerprint density at radius 3 is 2.36 bits per heavy atom. The summed E-state index contributed by atoms with van der Waals surface area (Å²) in [6.45, 7) is 0. The van der Waals surface area contributed by atoms with Gasteiger partial charge in [0.1, 0.15) is 5.75 Å². The number of carbonyl (C=O) groups excluding carboxylic acids is 1. The highest BCUT2D eigenvalue weighted by Gasteiger charge is 2.24. The third-order valence-electron chi connectivity index (χ3n) is 4.61. The number of nitrogens with zero attached hydrogens (tertiary/aromatic N) is 1. The van der Waals surface area contributed by atoms with Crippen molar-refractivity contribution >= 4 is 11.6 Å². The van der Waals surface area contributed by atoms with Crippen LogP contribution >= 0.6 is 0 Å². The van der Waals surface area contributed by atoms with Crippen LogP contribution < -0.4 is 10.1 Å². The highest BCUT2D eigenvalue weighted by atomic mass is 16.5. The number of benzene rings is 2. The van der Waals surface area contributed by atoms with E-state index in [1.807, 2.05) is 30.3 Å². The monoisotopic (exact) mass is 334 g/mol. The molecule has 25 heavy (non-hydrogen) atoms. The molecule has 128 valence electrons. The molecule has 1 aliphatic carbocycles. The molecular weight excluding hydrogens is 312 g/mol. The molecule has 2 aromatic rings. The summed E-state index contributed by atoms with van der Waals surface area (Å²) in [7, 11) is 0. The van der Waals surface area contributed by atoms with Gasteiger partial charge in [0.25, 0.3) is 0 Å². The van der Waals surface area contributed by atoms with Crippen molar-refractivity contribution < 1.29 is 9.53 Å². The van der Waals surface area contributed by atoms with Crippen molar-refractivity contribution in [2.24, 2.45) is 5.92 Å². The summed E-state index contributed by atoms with van der Waals surface area (Å²) in [5.74, 6) is 1.37. The number of amides is 1. The zero-order chi connectivity index (χ0) is 17.5. The van der Waals surface area contributed by atoms with Gasteiger partial charge in [-0.25, -0.2) is 0 Å². The van der Waals surface area contributed by atoms with Crippen LogP contribution in [0.1, 0.15) is 37.7 Å². The first-order valence-electron chi connectivity index (χ1n) is 8.74. The summed E-state index contributed by atoms with van der Waals surface area (Å²) in [5.41, 5.74) is 1.33. The molecule has 1 aliphatic rings. The predicted octanol–water partition coefficient (Wildman–Crippen LogP) is 4.52. The molecule has 0 aliphatic heterocycles. The average Bonchev–Trinajstić information content (AvgIpc) is 2.65. The van der Waals surface area contributed by atoms with Gasteiger partial charge in [-0.3, -0.25) is 4.79 Å². The van der Waals surface area contributed by atoms with Crippen LogP contribution in [0.2, 0.25) is 0 Å². The lowest BCUT2D eigenvalue weighted by atomic mass is 9.85. The van der Waals surface area contributed by atoms with Crippen molar-refractivity contribution in [3.05, 3.63) is 60.2 Å². The Labute approximate surface area is 148 Å². The number of nitrogens with one attached hydrogen (secondary N) is 1. The molecule has 0 atom stereocenters. The lowest BCUT2D eigenvalue weighted by Crippen LogP contribution is -2.26. The minimum absolute atomic E-state index is 0.0390. The maximum atomic E-state index is 12.2. The predicted molar refractivity (Wildman–Crippen MR) is 97.2 cm³/mol. The molecule has 1 N–H and O–H groups in total. The average molecular weight is 334 g/mol. The van der Waals surface area contributed by atoms with Gasteiger partial charge in [-0.05, 0) is 68.0 Å². The molecule has 0 saturated heterocycles. The summed E-state index contributed by atoms with van der Waals surface area (Å²) >= 11 is 0. The summed E-state index contributed by atoms with van der Waals surface area (Å²) in [4.78, 5) is 12.2. The number of anilines is 1. The maximum absolute atomic E-state index is 12.2. The summed E-state index contributed by atoms with van der Waals surface area (Å²) in [6, 6.07) is 18.9. The molecule has 0 heterocycles. The lowest BCUT2D eigenvalue weighted by Gasteiger charge is -2.28. The lowest BCUT2D eigenvalue weighted by molar-refractivity contribution is -0.117. The quantitative estimate of drug-likeness (QED) is 0.874. The Kier molecular flexibility index (Phi) is 5.69. The van der Waals surface area contributed by atoms with E-state index in [2.05, 4.69) is 11.4 Å². The molecule has 1 amide bonds. The van der Waals surface area contributed by atoms with Crippen LogP contribution in [-0.2, 0) is 4.79 Å². The molecule has 3 rings (SSSR count). The topological polar surface area (TPSA) is 62.1 Å². The minimum Gasteiger partial charge on any atom is -0.490 e. The van der Waals surface area contributed by atoms with Gasteiger partial charge in [0.15, 0.2) is 0 Å². The summed E-state index contributed by atoms with van der Waals surface area (Å²) in [6.07, 6.45) is 4.79. The van der Waals surface area contributed by atoms with E-state index in [4.69, 9.17) is 10.00 Å². The van der Waals surface area contributed by atoms with Gasteiger partial charge < -0.3 is 10.1 Å². The van der Waals surface area contributed by atoms with E-state index in [0.717, 1.165) is 37.1 Å². The van der Waals surface area contributed by atoms with Crippen molar-refractivity contribution in [1.82, 2.24) is 0 Å². The highest BCUT2D eigenvalue weighted by molar-refractivity contribution is 5.90. The van der Waals surface area contributed by atoms with Gasteiger partial charge in [0.05, 0.1) is 17.7 Å². The van der Waals surface area contributed by atoms with Crippen molar-refractivity contribution in [2.75, 3.05) is 5.32 Å². The van der Waals surface area contributed by atoms with E-state index >= 15 is 0 Å². The van der Waals surface area contributed by atoms with Crippen LogP contribution in [0.5, 0.6) is 5.75 Å². The number of hydrogen-bond donors (Lipinski definition) is 1. The molecule has 0 aromatic heterocycles. The highest BCUT2D eigenvalue weighted by Crippen LogP contribution is 2.29. The molecule has 0 bridgehead atoms. The Morgan fingerprint density at radius 2 is 1.72 bits per heavy atom. The fourth-order valence-corrected chi connectivity index (χ4v) is 3.25. The number of ether oxygens (including phenoxy) is 1. The van der Waals surface area contributed by atoms with Crippen molar-refractivity contribution in [1.29, 1.82) is 5.26 Å². The van der Waals surface area contributed by atoms with Gasteiger partial charge in [0, 0.05) is 12.1 Å². The van der Waals surface area contributed by atoms with Crippen molar-refractivity contribution in [3.8, 4) is 11.8 Å². The second-order valence-corrected chi connectivity index (χ2v) is 6.52. The third kappa shape index (κ3) is 5.09. The number of para-hydroxylation sites is 1. The van der Waals surface area contributed by atoms with Crippen LogP contribution in [0.15, 0.2) is 54.6 Å². The van der Waals surface area contributed by atoms with Crippen LogP contribution in [0, 0.1) is 17.2 Å². The van der Waals surface area contributed by atoms with Gasteiger partial charge in [-0.2, -0.15) is 5.26 Å². The second kappa shape index (κ2) is 8.34. The third-order valence-corrected chi connectivity index (χ3v) is 4.61. The van der Waals surface area contributed by atoms with Crippen molar-refractivity contribution in [3.63, 3.8) is 0 Å². The van der Waals surface area contributed by atoms with Crippen LogP contribution in [0.25, 0.3) is 0 Å². The number of nitriles is 1. The smallest absolute Gasteiger partial charge is 0.224 e. The van der Waals surface area contributed by atoms with E-state index < -0.39 is 0 Å². The fraction of sp³-hybridized carbons (Fsp3) is 0.333. The minimum atomic E-state index is 0.0390. The molecule has 1 fully saturated rings. The molecule has 0 spiro atoms. The Bertz CT molecular complexity index is 727. The van der Waals surface area contributed by atoms with Gasteiger partial charge in [0.2, 0.25) is 5.91 Å². The van der Waals surface area contributed by atoms with Crippen molar-refractivity contribution in [2.45, 2.75) is 38.2 Å². The normalized spacial score (nSPS) is 19.6. The van der Waals surface area contributed by atoms with Crippen LogP contribution in [0.4, 0.5) is 5.69 Å². The first-order chi connectivity index (χ1) is 12.2. The Hall–Kier alpha value is -2.80. The second-order valence-electron chi connectivity index (χ2n) is 6.52. The van der Waals surface area contributed by atoms with E-state index in [1.165, 1.54) is 0 Å². The van der Waals surface area contributed by atoms with Gasteiger partial charge >= 0.3 is 0 Å². The maximum Gasteiger partial charge on any atom is 0.224 e. The largest absolute Gasteiger partial charge is 0.490 e. The van der Waals surface area contributed by atoms with E-state index in [-0.39, 0.29) is 12.0 Å². The SMILES string of the molecule is N#Cc1ccc(NC(=O)C[C@H]2CC[C@@H](Oc3ccccc3)CC2)cc1. The standard InChI is InChI=1S/C21H22N2O2/c22-15-17-6-10-18(11-7-17)23-21(24)14-16-8-12-20(13-9-16)25-19-4-2-1-3-5-19/h1-7,10-11,16,20H,8-9,12-14H2,(H,23,24)/t16-,20+. The Balaban J connectivity index is 1.42. The van der Waals surface area contributed by atoms with Gasteiger partial charge in [-0.1, -0.05) is 18.2 Å².